The molecule has 116 valence electrons. The molecule has 0 unspecified atom stereocenters. The largest absolute Gasteiger partial charge is 0.478 e. The van der Waals surface area contributed by atoms with Gasteiger partial charge in [-0.1, -0.05) is 12.1 Å². The van der Waals surface area contributed by atoms with Crippen LogP contribution < -0.4 is 5.32 Å². The molecule has 6 heteroatoms. The molecular weight excluding hydrogens is 294 g/mol. The summed E-state index contributed by atoms with van der Waals surface area (Å²) in [6.07, 6.45) is 1.78. The van der Waals surface area contributed by atoms with Crippen LogP contribution in [0.2, 0.25) is 0 Å². The van der Waals surface area contributed by atoms with Gasteiger partial charge in [0.05, 0.1) is 16.9 Å². The fourth-order valence-electron chi connectivity index (χ4n) is 2.50. The maximum absolute atomic E-state index is 12.6. The number of amides is 1. The molecule has 2 aromatic heterocycles. The third-order valence-electron chi connectivity index (χ3n) is 3.58. The lowest BCUT2D eigenvalue weighted by atomic mass is 10.1. The van der Waals surface area contributed by atoms with Gasteiger partial charge in [-0.2, -0.15) is 0 Å². The summed E-state index contributed by atoms with van der Waals surface area (Å²) in [5.74, 6) is -1.49. The minimum atomic E-state index is -1.09. The second-order valence-corrected chi connectivity index (χ2v) is 5.28. The van der Waals surface area contributed by atoms with Gasteiger partial charge < -0.3 is 10.4 Å². The van der Waals surface area contributed by atoms with Crippen LogP contribution in [0.5, 0.6) is 0 Å². The van der Waals surface area contributed by atoms with Crippen molar-refractivity contribution in [3.63, 3.8) is 0 Å². The van der Waals surface area contributed by atoms with Crippen molar-refractivity contribution < 1.29 is 14.7 Å². The first kappa shape index (κ1) is 14.8. The number of fused-ring (bicyclic) bond motifs is 1. The fraction of sp³-hybridized carbons (Fsp3) is 0.118. The van der Waals surface area contributed by atoms with Gasteiger partial charge in [0.1, 0.15) is 11.3 Å². The number of carbonyl (C=O) groups is 2. The van der Waals surface area contributed by atoms with Crippen LogP contribution in [0, 0.1) is 13.8 Å². The van der Waals surface area contributed by atoms with Crippen LogP contribution in [0.3, 0.4) is 0 Å². The van der Waals surface area contributed by atoms with Crippen LogP contribution in [-0.2, 0) is 0 Å². The monoisotopic (exact) mass is 309 g/mol. The zero-order valence-corrected chi connectivity index (χ0v) is 12.7. The molecule has 1 aromatic carbocycles. The van der Waals surface area contributed by atoms with Crippen LogP contribution in [0.1, 0.15) is 32.1 Å². The van der Waals surface area contributed by atoms with Crippen molar-refractivity contribution in [2.24, 2.45) is 0 Å². The number of aromatic carboxylic acids is 1. The maximum atomic E-state index is 12.6. The normalized spacial score (nSPS) is 10.7. The molecule has 2 N–H and O–H groups in total. The van der Waals surface area contributed by atoms with Gasteiger partial charge in [-0.15, -0.1) is 0 Å². The number of pyridine rings is 1. The lowest BCUT2D eigenvalue weighted by Crippen LogP contribution is -2.17. The van der Waals surface area contributed by atoms with Crippen molar-refractivity contribution in [1.82, 2.24) is 9.38 Å². The van der Waals surface area contributed by atoms with Crippen molar-refractivity contribution in [2.75, 3.05) is 5.32 Å². The molecule has 0 aliphatic carbocycles. The van der Waals surface area contributed by atoms with E-state index < -0.39 is 11.9 Å². The Morgan fingerprint density at radius 2 is 1.91 bits per heavy atom. The van der Waals surface area contributed by atoms with Crippen LogP contribution in [0.4, 0.5) is 5.69 Å². The van der Waals surface area contributed by atoms with Crippen molar-refractivity contribution in [3.8, 4) is 0 Å². The molecule has 0 saturated heterocycles. The molecule has 0 fully saturated rings. The summed E-state index contributed by atoms with van der Waals surface area (Å²) in [6.45, 7) is 3.70. The average molecular weight is 309 g/mol. The van der Waals surface area contributed by atoms with Gasteiger partial charge in [-0.25, -0.2) is 9.78 Å². The van der Waals surface area contributed by atoms with Gasteiger partial charge in [0.2, 0.25) is 0 Å². The number of hydrogen-bond acceptors (Lipinski definition) is 3. The quantitative estimate of drug-likeness (QED) is 0.779. The molecule has 1 amide bonds. The molecule has 23 heavy (non-hydrogen) atoms. The number of aromatic nitrogens is 2. The lowest BCUT2D eigenvalue weighted by Gasteiger charge is -2.09. The van der Waals surface area contributed by atoms with Gasteiger partial charge in [-0.05, 0) is 43.7 Å². The number of benzene rings is 1. The molecule has 6 nitrogen and oxygen atoms in total. The number of anilines is 1. The number of nitrogens with zero attached hydrogens (tertiary/aromatic N) is 2. The van der Waals surface area contributed by atoms with Crippen LogP contribution in [-0.4, -0.2) is 26.4 Å². The number of aryl methyl sites for hydroxylation is 2. The molecule has 2 heterocycles. The minimum Gasteiger partial charge on any atom is -0.478 e. The van der Waals surface area contributed by atoms with E-state index in [2.05, 4.69) is 10.3 Å². The second kappa shape index (κ2) is 5.57. The summed E-state index contributed by atoms with van der Waals surface area (Å²) in [5, 5.41) is 11.9. The predicted octanol–water partition coefficient (Wildman–Crippen LogP) is 2.90. The first-order chi connectivity index (χ1) is 11.0. The molecule has 0 atom stereocenters. The van der Waals surface area contributed by atoms with E-state index in [1.807, 2.05) is 19.1 Å². The van der Waals surface area contributed by atoms with Gasteiger partial charge in [0.15, 0.2) is 0 Å². The number of carboxylic acid groups (broad SMARTS) is 1. The number of para-hydroxylation sites is 1. The van der Waals surface area contributed by atoms with Gasteiger partial charge in [0.25, 0.3) is 5.91 Å². The first-order valence-corrected chi connectivity index (χ1v) is 7.06. The first-order valence-electron chi connectivity index (χ1n) is 7.06. The third-order valence-corrected chi connectivity index (χ3v) is 3.58. The van der Waals surface area contributed by atoms with Crippen molar-refractivity contribution in [2.45, 2.75) is 13.8 Å². The number of carbonyl (C=O) groups excluding carboxylic acids is 1. The summed E-state index contributed by atoms with van der Waals surface area (Å²) in [4.78, 5) is 28.2. The highest BCUT2D eigenvalue weighted by molar-refractivity contribution is 6.07. The number of carboxylic acids is 1. The van der Waals surface area contributed by atoms with E-state index in [9.17, 15) is 14.7 Å². The summed E-state index contributed by atoms with van der Waals surface area (Å²) >= 11 is 0. The van der Waals surface area contributed by atoms with E-state index in [1.54, 1.807) is 35.7 Å². The number of nitrogens with one attached hydrogen (secondary N) is 1. The van der Waals surface area contributed by atoms with Crippen molar-refractivity contribution >= 4 is 23.2 Å². The Kier molecular flexibility index (Phi) is 3.57. The average Bonchev–Trinajstić information content (AvgIpc) is 2.82. The number of imidazole rings is 1. The molecule has 3 aromatic rings. The lowest BCUT2D eigenvalue weighted by molar-refractivity contribution is 0.0698. The summed E-state index contributed by atoms with van der Waals surface area (Å²) in [5.41, 5.74) is 3.00. The Bertz CT molecular complexity index is 928. The molecule has 0 radical (unpaired) electrons. The van der Waals surface area contributed by atoms with E-state index in [0.29, 0.717) is 17.0 Å². The van der Waals surface area contributed by atoms with Gasteiger partial charge in [-0.3, -0.25) is 9.20 Å². The van der Waals surface area contributed by atoms with Gasteiger partial charge >= 0.3 is 5.97 Å². The molecule has 0 bridgehead atoms. The smallest absolute Gasteiger partial charge is 0.337 e. The molecule has 0 spiro atoms. The summed E-state index contributed by atoms with van der Waals surface area (Å²) in [6, 6.07) is 10.1. The summed E-state index contributed by atoms with van der Waals surface area (Å²) in [7, 11) is 0. The third kappa shape index (κ3) is 2.66. The molecule has 0 aliphatic heterocycles. The highest BCUT2D eigenvalue weighted by Gasteiger charge is 2.19. The zero-order chi connectivity index (χ0) is 16.6. The maximum Gasteiger partial charge on any atom is 0.337 e. The van der Waals surface area contributed by atoms with E-state index in [-0.39, 0.29) is 11.3 Å². The zero-order valence-electron chi connectivity index (χ0n) is 12.7. The van der Waals surface area contributed by atoms with Gasteiger partial charge in [0, 0.05) is 6.20 Å². The van der Waals surface area contributed by atoms with Crippen LogP contribution in [0.15, 0.2) is 42.6 Å². The summed E-state index contributed by atoms with van der Waals surface area (Å²) < 4.78 is 1.70. The van der Waals surface area contributed by atoms with E-state index in [4.69, 9.17) is 0 Å². The Balaban J connectivity index is 2.02. The molecular formula is C17H15N3O3. The second-order valence-electron chi connectivity index (χ2n) is 5.28. The van der Waals surface area contributed by atoms with E-state index in [0.717, 1.165) is 5.56 Å². The number of hydrogen-bond donors (Lipinski definition) is 2. The van der Waals surface area contributed by atoms with Crippen molar-refractivity contribution in [1.29, 1.82) is 0 Å². The Hall–Kier alpha value is -3.15. The minimum absolute atomic E-state index is 0.0446. The highest BCUT2D eigenvalue weighted by Crippen LogP contribution is 2.19. The van der Waals surface area contributed by atoms with Crippen LogP contribution >= 0.6 is 0 Å². The SMILES string of the molecule is Cc1ccn2c(C(=O)Nc3ccccc3C(=O)O)c(C)nc2c1. The van der Waals surface area contributed by atoms with E-state index in [1.165, 1.54) is 6.07 Å². The molecule has 3 rings (SSSR count). The standard InChI is InChI=1S/C17H15N3O3/c1-10-7-8-20-14(9-10)18-11(2)15(20)16(21)19-13-6-4-3-5-12(13)17(22)23/h3-9H,1-2H3,(H,19,21)(H,22,23). The Labute approximate surface area is 132 Å². The number of rotatable bonds is 3. The highest BCUT2D eigenvalue weighted by atomic mass is 16.4. The Morgan fingerprint density at radius 1 is 1.17 bits per heavy atom. The molecule has 0 aliphatic rings. The van der Waals surface area contributed by atoms with Crippen molar-refractivity contribution in [3.05, 3.63) is 65.1 Å². The van der Waals surface area contributed by atoms with Crippen LogP contribution in [0.25, 0.3) is 5.65 Å². The Morgan fingerprint density at radius 3 is 2.65 bits per heavy atom. The predicted molar refractivity (Wildman–Crippen MR) is 86.0 cm³/mol. The van der Waals surface area contributed by atoms with E-state index >= 15 is 0 Å². The fourth-order valence-corrected chi connectivity index (χ4v) is 2.50. The molecule has 0 saturated carbocycles. The topological polar surface area (TPSA) is 83.7 Å².